The quantitative estimate of drug-likeness (QED) is 0.603. The Kier molecular flexibility index (Phi) is 6.57. The molecule has 6 heteroatoms. The van der Waals surface area contributed by atoms with Gasteiger partial charge in [-0.05, 0) is 37.1 Å². The number of phenols is 1. The maximum atomic E-state index is 12.6. The number of carbonyl (C=O) groups excluding carboxylic acids is 2. The van der Waals surface area contributed by atoms with Crippen LogP contribution in [-0.2, 0) is 9.53 Å². The van der Waals surface area contributed by atoms with Crippen LogP contribution in [0.1, 0.15) is 42.3 Å². The minimum absolute atomic E-state index is 0.0373. The van der Waals surface area contributed by atoms with Crippen molar-refractivity contribution >= 4 is 17.8 Å². The second-order valence-electron chi connectivity index (χ2n) is 7.13. The Morgan fingerprint density at radius 3 is 2.26 bits per heavy atom. The van der Waals surface area contributed by atoms with E-state index in [9.17, 15) is 24.9 Å². The predicted molar refractivity (Wildman–Crippen MR) is 101 cm³/mol. The first kappa shape index (κ1) is 20.9. The van der Waals surface area contributed by atoms with Crippen LogP contribution in [0.4, 0.5) is 0 Å². The first-order chi connectivity index (χ1) is 12.6. The summed E-state index contributed by atoms with van der Waals surface area (Å²) in [5.74, 6) is -2.35. The fraction of sp³-hybridized carbons (Fsp3) is 0.429. The first-order valence-corrected chi connectivity index (χ1v) is 8.92. The van der Waals surface area contributed by atoms with Gasteiger partial charge in [-0.2, -0.15) is 0 Å². The molecule has 6 nitrogen and oxygen atoms in total. The summed E-state index contributed by atoms with van der Waals surface area (Å²) in [6, 6.07) is 3.19. The van der Waals surface area contributed by atoms with Gasteiger partial charge in [-0.1, -0.05) is 38.1 Å². The number of aryl methyl sites for hydroxylation is 1. The van der Waals surface area contributed by atoms with E-state index in [1.165, 1.54) is 18.2 Å². The highest BCUT2D eigenvalue weighted by atomic mass is 16.5. The highest BCUT2D eigenvalue weighted by Crippen LogP contribution is 2.28. The summed E-state index contributed by atoms with van der Waals surface area (Å²) in [5, 5.41) is 30.6. The Labute approximate surface area is 158 Å². The normalized spacial score (nSPS) is 32.1. The second kappa shape index (κ2) is 8.50. The Morgan fingerprint density at radius 2 is 1.59 bits per heavy atom. The van der Waals surface area contributed by atoms with Crippen LogP contribution in [-0.4, -0.2) is 45.4 Å². The summed E-state index contributed by atoms with van der Waals surface area (Å²) in [6.45, 7) is 6.86. The highest BCUT2D eigenvalue weighted by Gasteiger charge is 2.28. The van der Waals surface area contributed by atoms with Crippen molar-refractivity contribution in [3.8, 4) is 5.75 Å². The number of ether oxygens (including phenoxy) is 1. The van der Waals surface area contributed by atoms with Gasteiger partial charge in [0.2, 0.25) is 0 Å². The molecular formula is C21H26O6. The maximum absolute atomic E-state index is 12.6. The average Bonchev–Trinajstić information content (AvgIpc) is 2.60. The van der Waals surface area contributed by atoms with Gasteiger partial charge in [0.1, 0.15) is 23.5 Å². The molecule has 0 amide bonds. The molecule has 1 heterocycles. The number of esters is 1. The minimum atomic E-state index is -1.56. The molecule has 3 N–H and O–H groups in total. The van der Waals surface area contributed by atoms with Gasteiger partial charge >= 0.3 is 5.97 Å². The molecule has 0 aliphatic carbocycles. The van der Waals surface area contributed by atoms with Crippen molar-refractivity contribution in [3.05, 3.63) is 47.1 Å². The zero-order valence-electron chi connectivity index (χ0n) is 15.9. The number of hydrogen-bond donors (Lipinski definition) is 3. The van der Waals surface area contributed by atoms with Crippen molar-refractivity contribution in [2.24, 2.45) is 11.8 Å². The van der Waals surface area contributed by atoms with E-state index < -0.39 is 36.0 Å². The van der Waals surface area contributed by atoms with Crippen LogP contribution in [0.25, 0.3) is 6.08 Å². The zero-order chi connectivity index (χ0) is 20.3. The number of fused-ring (bicyclic) bond motifs is 1. The summed E-state index contributed by atoms with van der Waals surface area (Å²) >= 11 is 0. The lowest BCUT2D eigenvalue weighted by Crippen LogP contribution is -2.37. The topological polar surface area (TPSA) is 104 Å². The van der Waals surface area contributed by atoms with Crippen molar-refractivity contribution < 1.29 is 29.6 Å². The van der Waals surface area contributed by atoms with Crippen LogP contribution in [0.15, 0.2) is 30.4 Å². The van der Waals surface area contributed by atoms with Gasteiger partial charge in [0.05, 0.1) is 6.10 Å². The fourth-order valence-electron chi connectivity index (χ4n) is 2.81. The number of aliphatic hydroxyl groups is 2. The van der Waals surface area contributed by atoms with Gasteiger partial charge in [0.25, 0.3) is 0 Å². The van der Waals surface area contributed by atoms with E-state index in [4.69, 9.17) is 4.74 Å². The van der Waals surface area contributed by atoms with Gasteiger partial charge in [0, 0.05) is 11.8 Å². The Morgan fingerprint density at radius 1 is 0.963 bits per heavy atom. The third-order valence-electron chi connectivity index (χ3n) is 4.83. The second-order valence-corrected chi connectivity index (χ2v) is 7.13. The molecule has 0 bridgehead atoms. The molecule has 0 aromatic heterocycles. The number of rotatable bonds is 0. The van der Waals surface area contributed by atoms with Crippen molar-refractivity contribution in [1.82, 2.24) is 0 Å². The van der Waals surface area contributed by atoms with E-state index in [1.807, 2.05) is 0 Å². The molecule has 146 valence electrons. The number of cyclic esters (lactones) is 1. The average molecular weight is 374 g/mol. The number of ketones is 1. The lowest BCUT2D eigenvalue weighted by atomic mass is 9.93. The van der Waals surface area contributed by atoms with E-state index in [0.29, 0.717) is 5.56 Å². The third kappa shape index (κ3) is 4.84. The van der Waals surface area contributed by atoms with E-state index in [0.717, 1.165) is 5.56 Å². The largest absolute Gasteiger partial charge is 0.507 e. The van der Waals surface area contributed by atoms with Gasteiger partial charge in [-0.25, -0.2) is 4.79 Å². The van der Waals surface area contributed by atoms with Crippen LogP contribution in [0.3, 0.4) is 0 Å². The molecule has 27 heavy (non-hydrogen) atoms. The van der Waals surface area contributed by atoms with Crippen LogP contribution in [0.5, 0.6) is 5.75 Å². The number of benzene rings is 1. The molecule has 0 radical (unpaired) electrons. The van der Waals surface area contributed by atoms with E-state index in [1.54, 1.807) is 45.9 Å². The molecule has 1 aromatic rings. The molecule has 0 saturated heterocycles. The molecular weight excluding hydrogens is 348 g/mol. The zero-order valence-corrected chi connectivity index (χ0v) is 15.9. The lowest BCUT2D eigenvalue weighted by Gasteiger charge is -2.22. The Balaban J connectivity index is 2.55. The van der Waals surface area contributed by atoms with E-state index >= 15 is 0 Å². The van der Waals surface area contributed by atoms with Gasteiger partial charge < -0.3 is 20.1 Å². The molecule has 0 saturated carbocycles. The predicted octanol–water partition coefficient (Wildman–Crippen LogP) is 2.39. The minimum Gasteiger partial charge on any atom is -0.507 e. The molecule has 5 atom stereocenters. The summed E-state index contributed by atoms with van der Waals surface area (Å²) in [5.41, 5.74) is 1.22. The maximum Gasteiger partial charge on any atom is 0.342 e. The Hall–Kier alpha value is -2.44. The smallest absolute Gasteiger partial charge is 0.342 e. The van der Waals surface area contributed by atoms with Crippen molar-refractivity contribution in [2.45, 2.75) is 46.0 Å². The van der Waals surface area contributed by atoms with Gasteiger partial charge in [0.15, 0.2) is 5.78 Å². The van der Waals surface area contributed by atoms with E-state index in [-0.39, 0.29) is 17.2 Å². The summed E-state index contributed by atoms with van der Waals surface area (Å²) in [6.07, 6.45) is 2.45. The number of carbonyl (C=O) groups is 2. The molecule has 1 aliphatic rings. The molecule has 0 spiro atoms. The summed E-state index contributed by atoms with van der Waals surface area (Å²) in [7, 11) is 0. The third-order valence-corrected chi connectivity index (χ3v) is 4.83. The highest BCUT2D eigenvalue weighted by molar-refractivity contribution is 5.97. The van der Waals surface area contributed by atoms with Crippen LogP contribution < -0.4 is 0 Å². The van der Waals surface area contributed by atoms with Crippen LogP contribution in [0.2, 0.25) is 0 Å². The molecule has 1 aromatic carbocycles. The standard InChI is InChI=1S/C21H26O6/c1-11-9-15-7-5-13(3)19(24)20(25)16(22)8-6-12(2)14(4)27-21(26)18(15)17(23)10-11/h5-10,12-14,19-20,23-25H,1-4H3/b7-5+,8-6-/t12-,13?,14+,19+,20-/m1/s1. The number of aliphatic hydroxyl groups excluding tert-OH is 2. The number of hydrogen-bond acceptors (Lipinski definition) is 6. The molecule has 1 unspecified atom stereocenters. The Bertz CT molecular complexity index is 779. The molecule has 0 fully saturated rings. The monoisotopic (exact) mass is 374 g/mol. The van der Waals surface area contributed by atoms with Crippen molar-refractivity contribution in [3.63, 3.8) is 0 Å². The molecule has 2 rings (SSSR count). The molecule has 1 aliphatic heterocycles. The van der Waals surface area contributed by atoms with Crippen LogP contribution in [0, 0.1) is 18.8 Å². The van der Waals surface area contributed by atoms with Gasteiger partial charge in [-0.15, -0.1) is 0 Å². The van der Waals surface area contributed by atoms with Crippen molar-refractivity contribution in [2.75, 3.05) is 0 Å². The SMILES string of the molecule is Cc1cc(O)c2c(c1)/C=C/C(C)[C@H](O)[C@H](O)C(=O)/C=C\[C@@H](C)[C@H](C)OC2=O. The first-order valence-electron chi connectivity index (χ1n) is 8.92. The van der Waals surface area contributed by atoms with Crippen molar-refractivity contribution in [1.29, 1.82) is 0 Å². The van der Waals surface area contributed by atoms with Crippen LogP contribution >= 0.6 is 0 Å². The summed E-state index contributed by atoms with van der Waals surface area (Å²) < 4.78 is 5.46. The summed E-state index contributed by atoms with van der Waals surface area (Å²) in [4.78, 5) is 24.7. The lowest BCUT2D eigenvalue weighted by molar-refractivity contribution is -0.129. The number of phenolic OH excluding ortho intramolecular Hbond substituents is 1. The fourth-order valence-corrected chi connectivity index (χ4v) is 2.81. The van der Waals surface area contributed by atoms with E-state index in [2.05, 4.69) is 0 Å². The number of aromatic hydroxyl groups is 1. The van der Waals surface area contributed by atoms with Gasteiger partial charge in [-0.3, -0.25) is 4.79 Å².